The molecule has 0 atom stereocenters. The summed E-state index contributed by atoms with van der Waals surface area (Å²) >= 11 is 0. The van der Waals surface area contributed by atoms with Gasteiger partial charge in [-0.1, -0.05) is 0 Å². The zero-order valence-electron chi connectivity index (χ0n) is 10.4. The van der Waals surface area contributed by atoms with Gasteiger partial charge in [-0.05, 0) is 37.9 Å². The summed E-state index contributed by atoms with van der Waals surface area (Å²) in [6, 6.07) is 3.71. The van der Waals surface area contributed by atoms with E-state index in [1.54, 1.807) is 13.3 Å². The highest BCUT2D eigenvalue weighted by Crippen LogP contribution is 2.16. The number of nitrogens with one attached hydrogen (secondary N) is 1. The third-order valence-electron chi connectivity index (χ3n) is 2.87. The molecule has 18 heavy (non-hydrogen) atoms. The number of aromatic nitrogens is 1. The number of piperidine rings is 1. The summed E-state index contributed by atoms with van der Waals surface area (Å²) in [5.74, 6) is 2.10. The largest absolute Gasteiger partial charge is 0.495 e. The highest BCUT2D eigenvalue weighted by atomic mass is 35.5. The number of hydrogen-bond acceptors (Lipinski definition) is 4. The van der Waals surface area contributed by atoms with Crippen LogP contribution in [-0.2, 0) is 0 Å². The van der Waals surface area contributed by atoms with E-state index in [1.807, 2.05) is 12.1 Å². The van der Waals surface area contributed by atoms with Crippen LogP contribution in [0.1, 0.15) is 12.8 Å². The zero-order valence-corrected chi connectivity index (χ0v) is 12.1. The SMILES string of the molecule is COc1ccc(OCC2CCNCC2)nc1.Cl.Cl. The van der Waals surface area contributed by atoms with Crippen molar-refractivity contribution in [1.29, 1.82) is 0 Å². The Balaban J connectivity index is 0.00000144. The predicted molar refractivity (Wildman–Crippen MR) is 76.4 cm³/mol. The van der Waals surface area contributed by atoms with Crippen molar-refractivity contribution in [1.82, 2.24) is 10.3 Å². The van der Waals surface area contributed by atoms with Gasteiger partial charge in [-0.2, -0.15) is 0 Å². The van der Waals surface area contributed by atoms with E-state index in [0.29, 0.717) is 11.8 Å². The lowest BCUT2D eigenvalue weighted by atomic mass is 9.99. The van der Waals surface area contributed by atoms with Gasteiger partial charge < -0.3 is 14.8 Å². The lowest BCUT2D eigenvalue weighted by Crippen LogP contribution is -2.30. The van der Waals surface area contributed by atoms with E-state index < -0.39 is 0 Å². The molecule has 0 amide bonds. The molecule has 0 bridgehead atoms. The maximum atomic E-state index is 5.65. The van der Waals surface area contributed by atoms with Crippen molar-refractivity contribution in [3.8, 4) is 11.6 Å². The average Bonchev–Trinajstić information content (AvgIpc) is 2.38. The van der Waals surface area contributed by atoms with Gasteiger partial charge in [0.05, 0.1) is 19.9 Å². The van der Waals surface area contributed by atoms with Crippen LogP contribution in [0.3, 0.4) is 0 Å². The maximum Gasteiger partial charge on any atom is 0.213 e. The molecule has 0 radical (unpaired) electrons. The van der Waals surface area contributed by atoms with E-state index in [-0.39, 0.29) is 24.8 Å². The molecular weight excluding hydrogens is 275 g/mol. The van der Waals surface area contributed by atoms with Gasteiger partial charge in [-0.15, -0.1) is 24.8 Å². The van der Waals surface area contributed by atoms with Gasteiger partial charge in [0.1, 0.15) is 5.75 Å². The summed E-state index contributed by atoms with van der Waals surface area (Å²) in [6.07, 6.45) is 4.06. The van der Waals surface area contributed by atoms with E-state index in [2.05, 4.69) is 10.3 Å². The number of halogens is 2. The standard InChI is InChI=1S/C12H18N2O2.2ClH/c1-15-11-2-3-12(14-8-11)16-9-10-4-6-13-7-5-10;;/h2-3,8,10,13H,4-7,9H2,1H3;2*1H. The minimum absolute atomic E-state index is 0. The Labute approximate surface area is 120 Å². The summed E-state index contributed by atoms with van der Waals surface area (Å²) < 4.78 is 10.7. The van der Waals surface area contributed by atoms with E-state index >= 15 is 0 Å². The minimum Gasteiger partial charge on any atom is -0.495 e. The Morgan fingerprint density at radius 1 is 1.28 bits per heavy atom. The Bertz CT molecular complexity index is 316. The minimum atomic E-state index is 0. The normalized spacial score (nSPS) is 15.2. The van der Waals surface area contributed by atoms with Gasteiger partial charge in [0.25, 0.3) is 0 Å². The molecular formula is C12H20Cl2N2O2. The molecule has 6 heteroatoms. The molecule has 1 N–H and O–H groups in total. The predicted octanol–water partition coefficient (Wildman–Crippen LogP) is 2.31. The molecule has 2 heterocycles. The van der Waals surface area contributed by atoms with Crippen LogP contribution in [0.2, 0.25) is 0 Å². The number of ether oxygens (including phenoxy) is 2. The number of methoxy groups -OCH3 is 1. The van der Waals surface area contributed by atoms with Crippen molar-refractivity contribution in [2.75, 3.05) is 26.8 Å². The Morgan fingerprint density at radius 3 is 2.56 bits per heavy atom. The molecule has 1 aromatic rings. The molecule has 4 nitrogen and oxygen atoms in total. The lowest BCUT2D eigenvalue weighted by Gasteiger charge is -2.22. The molecule has 0 spiro atoms. The Hall–Kier alpha value is -0.710. The Morgan fingerprint density at radius 2 is 2.00 bits per heavy atom. The Kier molecular flexibility index (Phi) is 8.89. The third kappa shape index (κ3) is 5.29. The van der Waals surface area contributed by atoms with Crippen LogP contribution in [0.15, 0.2) is 18.3 Å². The molecule has 2 rings (SSSR count). The van der Waals surface area contributed by atoms with Crippen molar-refractivity contribution in [3.63, 3.8) is 0 Å². The van der Waals surface area contributed by atoms with Crippen molar-refractivity contribution in [2.45, 2.75) is 12.8 Å². The topological polar surface area (TPSA) is 43.4 Å². The first-order valence-electron chi connectivity index (χ1n) is 5.72. The second kappa shape index (κ2) is 9.25. The van der Waals surface area contributed by atoms with Crippen molar-refractivity contribution >= 4 is 24.8 Å². The first-order valence-corrected chi connectivity index (χ1v) is 5.72. The molecule has 1 aromatic heterocycles. The molecule has 1 aliphatic rings. The lowest BCUT2D eigenvalue weighted by molar-refractivity contribution is 0.208. The summed E-state index contributed by atoms with van der Waals surface area (Å²) in [5.41, 5.74) is 0. The summed E-state index contributed by atoms with van der Waals surface area (Å²) in [5, 5.41) is 3.34. The van der Waals surface area contributed by atoms with E-state index in [1.165, 1.54) is 12.8 Å². The molecule has 104 valence electrons. The molecule has 1 aliphatic heterocycles. The zero-order chi connectivity index (χ0) is 11.2. The fourth-order valence-corrected chi connectivity index (χ4v) is 1.82. The first kappa shape index (κ1) is 17.3. The monoisotopic (exact) mass is 294 g/mol. The summed E-state index contributed by atoms with van der Waals surface area (Å²) in [6.45, 7) is 2.97. The van der Waals surface area contributed by atoms with Crippen LogP contribution in [0.5, 0.6) is 11.6 Å². The van der Waals surface area contributed by atoms with Gasteiger partial charge in [0.15, 0.2) is 0 Å². The van der Waals surface area contributed by atoms with Gasteiger partial charge in [-0.3, -0.25) is 0 Å². The number of pyridine rings is 1. The number of nitrogens with zero attached hydrogens (tertiary/aromatic N) is 1. The highest BCUT2D eigenvalue weighted by molar-refractivity contribution is 5.85. The van der Waals surface area contributed by atoms with Crippen molar-refractivity contribution in [2.24, 2.45) is 5.92 Å². The number of rotatable bonds is 4. The van der Waals surface area contributed by atoms with E-state index in [4.69, 9.17) is 9.47 Å². The van der Waals surface area contributed by atoms with Crippen LogP contribution < -0.4 is 14.8 Å². The molecule has 0 aliphatic carbocycles. The average molecular weight is 295 g/mol. The van der Waals surface area contributed by atoms with E-state index in [9.17, 15) is 0 Å². The first-order chi connectivity index (χ1) is 7.88. The third-order valence-corrected chi connectivity index (χ3v) is 2.87. The molecule has 1 fully saturated rings. The van der Waals surface area contributed by atoms with Crippen LogP contribution in [0.4, 0.5) is 0 Å². The van der Waals surface area contributed by atoms with Gasteiger partial charge in [-0.25, -0.2) is 4.98 Å². The van der Waals surface area contributed by atoms with Gasteiger partial charge >= 0.3 is 0 Å². The fourth-order valence-electron chi connectivity index (χ4n) is 1.82. The number of hydrogen-bond donors (Lipinski definition) is 1. The fraction of sp³-hybridized carbons (Fsp3) is 0.583. The van der Waals surface area contributed by atoms with Crippen LogP contribution in [0, 0.1) is 5.92 Å². The highest BCUT2D eigenvalue weighted by Gasteiger charge is 2.13. The van der Waals surface area contributed by atoms with Crippen LogP contribution in [-0.4, -0.2) is 31.8 Å². The summed E-state index contributed by atoms with van der Waals surface area (Å²) in [7, 11) is 1.63. The maximum absolute atomic E-state index is 5.65. The van der Waals surface area contributed by atoms with E-state index in [0.717, 1.165) is 25.4 Å². The second-order valence-electron chi connectivity index (χ2n) is 4.04. The smallest absolute Gasteiger partial charge is 0.213 e. The quantitative estimate of drug-likeness (QED) is 0.925. The molecule has 0 saturated carbocycles. The molecule has 0 aromatic carbocycles. The van der Waals surface area contributed by atoms with Crippen LogP contribution in [0.25, 0.3) is 0 Å². The van der Waals surface area contributed by atoms with Crippen molar-refractivity contribution < 1.29 is 9.47 Å². The summed E-state index contributed by atoms with van der Waals surface area (Å²) in [4.78, 5) is 4.17. The van der Waals surface area contributed by atoms with Crippen molar-refractivity contribution in [3.05, 3.63) is 18.3 Å². The molecule has 0 unspecified atom stereocenters. The van der Waals surface area contributed by atoms with Crippen LogP contribution >= 0.6 is 24.8 Å². The van der Waals surface area contributed by atoms with Gasteiger partial charge in [0, 0.05) is 6.07 Å². The second-order valence-corrected chi connectivity index (χ2v) is 4.04. The molecule has 1 saturated heterocycles. The van der Waals surface area contributed by atoms with Gasteiger partial charge in [0.2, 0.25) is 5.88 Å².